The van der Waals surface area contributed by atoms with E-state index in [0.29, 0.717) is 18.5 Å². The van der Waals surface area contributed by atoms with Crippen LogP contribution in [0.1, 0.15) is 19.8 Å². The van der Waals surface area contributed by atoms with E-state index >= 15 is 0 Å². The van der Waals surface area contributed by atoms with Crippen molar-refractivity contribution in [2.45, 2.75) is 24.7 Å². The molecule has 0 radical (unpaired) electrons. The Labute approximate surface area is 121 Å². The fraction of sp³-hybridized carbons (Fsp3) is 0.500. The normalized spacial score (nSPS) is 15.4. The Bertz CT molecular complexity index is 650. The van der Waals surface area contributed by atoms with Gasteiger partial charge in [-0.05, 0) is 18.8 Å². The average Bonchev–Trinajstić information content (AvgIpc) is 3.18. The first kappa shape index (κ1) is 15.6. The molecule has 7 nitrogen and oxygen atoms in total. The topological polar surface area (TPSA) is 107 Å². The lowest BCUT2D eigenvalue weighted by molar-refractivity contribution is -0.385. The number of halogens is 1. The van der Waals surface area contributed by atoms with Crippen molar-refractivity contribution in [3.8, 4) is 0 Å². The van der Waals surface area contributed by atoms with Crippen LogP contribution in [-0.2, 0) is 10.0 Å². The molecule has 0 atom stereocenters. The summed E-state index contributed by atoms with van der Waals surface area (Å²) in [5.41, 5.74) is 4.51. The quantitative estimate of drug-likeness (QED) is 0.488. The third kappa shape index (κ3) is 3.13. The summed E-state index contributed by atoms with van der Waals surface area (Å²) in [5, 5.41) is 10.6. The van der Waals surface area contributed by atoms with E-state index in [9.17, 15) is 22.9 Å². The van der Waals surface area contributed by atoms with Crippen LogP contribution >= 0.6 is 0 Å². The summed E-state index contributed by atoms with van der Waals surface area (Å²) >= 11 is 0. The fourth-order valence-corrected chi connectivity index (χ4v) is 3.76. The molecule has 0 bridgehead atoms. The number of hydrogen-bond donors (Lipinski definition) is 1. The molecule has 0 aliphatic heterocycles. The van der Waals surface area contributed by atoms with Crippen LogP contribution in [0.3, 0.4) is 0 Å². The number of nitrogens with zero attached hydrogens (tertiary/aromatic N) is 2. The van der Waals surface area contributed by atoms with Crippen molar-refractivity contribution in [3.05, 3.63) is 28.1 Å². The second-order valence-electron chi connectivity index (χ2n) is 5.00. The third-order valence-corrected chi connectivity index (χ3v) is 5.41. The smallest absolute Gasteiger partial charge is 0.274 e. The minimum absolute atomic E-state index is 0.189. The third-order valence-electron chi connectivity index (χ3n) is 3.38. The van der Waals surface area contributed by atoms with Crippen molar-refractivity contribution in [1.82, 2.24) is 4.31 Å². The van der Waals surface area contributed by atoms with Gasteiger partial charge in [-0.3, -0.25) is 10.1 Å². The summed E-state index contributed by atoms with van der Waals surface area (Å²) in [7, 11) is -4.10. The second kappa shape index (κ2) is 5.57. The van der Waals surface area contributed by atoms with Crippen LogP contribution in [0.2, 0.25) is 0 Å². The minimum atomic E-state index is -4.10. The molecule has 1 aliphatic carbocycles. The average molecular weight is 317 g/mol. The van der Waals surface area contributed by atoms with Gasteiger partial charge in [0.2, 0.25) is 10.0 Å². The standard InChI is InChI=1S/C12H16FN3O4S/c1-2-15(7-8-3-4-8)21(19,20)12-10(13)5-9(16(17)18)6-11(12)14/h5-6,8H,2-4,7,14H2,1H3. The van der Waals surface area contributed by atoms with Gasteiger partial charge in [0.15, 0.2) is 5.82 Å². The summed E-state index contributed by atoms with van der Waals surface area (Å²) in [5.74, 6) is -0.905. The number of sulfonamides is 1. The van der Waals surface area contributed by atoms with Gasteiger partial charge in [-0.1, -0.05) is 6.92 Å². The first-order chi connectivity index (χ1) is 9.77. The van der Waals surface area contributed by atoms with Gasteiger partial charge in [0.25, 0.3) is 5.69 Å². The maximum absolute atomic E-state index is 14.0. The molecule has 0 saturated heterocycles. The highest BCUT2D eigenvalue weighted by Crippen LogP contribution is 2.34. The maximum atomic E-state index is 14.0. The van der Waals surface area contributed by atoms with Crippen molar-refractivity contribution in [1.29, 1.82) is 0 Å². The summed E-state index contributed by atoms with van der Waals surface area (Å²) in [4.78, 5) is 9.13. The van der Waals surface area contributed by atoms with Gasteiger partial charge in [0.05, 0.1) is 16.7 Å². The largest absolute Gasteiger partial charge is 0.397 e. The van der Waals surface area contributed by atoms with Crippen LogP contribution < -0.4 is 5.73 Å². The van der Waals surface area contributed by atoms with E-state index in [0.717, 1.165) is 23.2 Å². The lowest BCUT2D eigenvalue weighted by Crippen LogP contribution is -2.33. The number of hydrogen-bond acceptors (Lipinski definition) is 5. The van der Waals surface area contributed by atoms with Crippen molar-refractivity contribution < 1.29 is 17.7 Å². The second-order valence-corrected chi connectivity index (χ2v) is 6.88. The zero-order valence-corrected chi connectivity index (χ0v) is 12.3. The molecule has 1 saturated carbocycles. The van der Waals surface area contributed by atoms with Crippen LogP contribution in [0.5, 0.6) is 0 Å². The molecule has 0 heterocycles. The van der Waals surface area contributed by atoms with E-state index in [2.05, 4.69) is 0 Å². The highest BCUT2D eigenvalue weighted by atomic mass is 32.2. The molecule has 21 heavy (non-hydrogen) atoms. The van der Waals surface area contributed by atoms with E-state index in [1.165, 1.54) is 0 Å². The molecule has 1 aliphatic rings. The van der Waals surface area contributed by atoms with Crippen LogP contribution in [0, 0.1) is 21.8 Å². The van der Waals surface area contributed by atoms with Crippen LogP contribution in [-0.4, -0.2) is 30.7 Å². The lowest BCUT2D eigenvalue weighted by atomic mass is 10.3. The van der Waals surface area contributed by atoms with Crippen LogP contribution in [0.4, 0.5) is 15.8 Å². The molecule has 1 aromatic rings. The number of rotatable bonds is 6. The number of nitrogens with two attached hydrogens (primary N) is 1. The van der Waals surface area contributed by atoms with Crippen molar-refractivity contribution in [3.63, 3.8) is 0 Å². The highest BCUT2D eigenvalue weighted by Gasteiger charge is 2.34. The molecule has 0 aromatic heterocycles. The van der Waals surface area contributed by atoms with E-state index < -0.39 is 37.0 Å². The summed E-state index contributed by atoms with van der Waals surface area (Å²) in [6, 6.07) is 1.44. The van der Waals surface area contributed by atoms with Gasteiger partial charge in [0.1, 0.15) is 4.90 Å². The minimum Gasteiger partial charge on any atom is -0.397 e. The van der Waals surface area contributed by atoms with E-state index in [1.807, 2.05) is 0 Å². The van der Waals surface area contributed by atoms with E-state index in [-0.39, 0.29) is 6.54 Å². The summed E-state index contributed by atoms with van der Waals surface area (Å²) in [6.45, 7) is 2.16. The van der Waals surface area contributed by atoms with Gasteiger partial charge in [-0.25, -0.2) is 12.8 Å². The van der Waals surface area contributed by atoms with Gasteiger partial charge in [0, 0.05) is 19.2 Å². The summed E-state index contributed by atoms with van der Waals surface area (Å²) in [6.07, 6.45) is 1.90. The molecule has 9 heteroatoms. The SMILES string of the molecule is CCN(CC1CC1)S(=O)(=O)c1c(N)cc([N+](=O)[O-])cc1F. The Balaban J connectivity index is 2.45. The number of anilines is 1. The molecule has 0 amide bonds. The van der Waals surface area contributed by atoms with Crippen molar-refractivity contribution in [2.24, 2.45) is 5.92 Å². The van der Waals surface area contributed by atoms with E-state index in [4.69, 9.17) is 5.73 Å². The van der Waals surface area contributed by atoms with E-state index in [1.54, 1.807) is 6.92 Å². The Morgan fingerprint density at radius 2 is 2.10 bits per heavy atom. The van der Waals surface area contributed by atoms with Crippen molar-refractivity contribution in [2.75, 3.05) is 18.8 Å². The Morgan fingerprint density at radius 1 is 1.48 bits per heavy atom. The Hall–Kier alpha value is -1.74. The lowest BCUT2D eigenvalue weighted by Gasteiger charge is -2.21. The fourth-order valence-electron chi connectivity index (χ4n) is 2.09. The van der Waals surface area contributed by atoms with Crippen LogP contribution in [0.15, 0.2) is 17.0 Å². The zero-order valence-electron chi connectivity index (χ0n) is 11.5. The first-order valence-electron chi connectivity index (χ1n) is 6.51. The van der Waals surface area contributed by atoms with Gasteiger partial charge in [-0.15, -0.1) is 0 Å². The number of non-ortho nitro benzene ring substituents is 1. The van der Waals surface area contributed by atoms with Gasteiger partial charge < -0.3 is 5.73 Å². The number of benzene rings is 1. The maximum Gasteiger partial charge on any atom is 0.274 e. The molecular weight excluding hydrogens is 301 g/mol. The van der Waals surface area contributed by atoms with Crippen molar-refractivity contribution >= 4 is 21.4 Å². The first-order valence-corrected chi connectivity index (χ1v) is 7.95. The molecule has 2 rings (SSSR count). The Morgan fingerprint density at radius 3 is 2.52 bits per heavy atom. The molecule has 116 valence electrons. The zero-order chi connectivity index (χ0) is 15.8. The predicted molar refractivity (Wildman–Crippen MR) is 74.6 cm³/mol. The molecule has 1 aromatic carbocycles. The molecular formula is C12H16FN3O4S. The van der Waals surface area contributed by atoms with Gasteiger partial charge in [-0.2, -0.15) is 4.31 Å². The molecule has 2 N–H and O–H groups in total. The number of nitro benzene ring substituents is 1. The molecule has 0 unspecified atom stereocenters. The predicted octanol–water partition coefficient (Wildman–Crippen LogP) is 1.74. The Kier molecular flexibility index (Phi) is 4.15. The molecule has 0 spiro atoms. The highest BCUT2D eigenvalue weighted by molar-refractivity contribution is 7.89. The van der Waals surface area contributed by atoms with Gasteiger partial charge >= 0.3 is 0 Å². The number of nitrogen functional groups attached to an aromatic ring is 1. The summed E-state index contributed by atoms with van der Waals surface area (Å²) < 4.78 is 40.2. The number of nitro groups is 1. The van der Waals surface area contributed by atoms with Crippen LogP contribution in [0.25, 0.3) is 0 Å². The molecule has 1 fully saturated rings. The monoisotopic (exact) mass is 317 g/mol.